The summed E-state index contributed by atoms with van der Waals surface area (Å²) in [7, 11) is 0. The molecule has 2 nitrogen and oxygen atoms in total. The van der Waals surface area contributed by atoms with Crippen molar-refractivity contribution in [1.82, 2.24) is 0 Å². The minimum absolute atomic E-state index is 0.00963. The maximum absolute atomic E-state index is 11.9. The molecule has 1 aliphatic carbocycles. The van der Waals surface area contributed by atoms with Gasteiger partial charge in [-0.25, -0.2) is 0 Å². The standard InChI is InChI=1S/C14H14O2/c1-2-10-6-5-9-13(16)14(10)11-7-3-4-8-12(11)15/h3-5,7-9,15H,2,6H2,1H3. The summed E-state index contributed by atoms with van der Waals surface area (Å²) in [4.78, 5) is 11.9. The molecule has 0 radical (unpaired) electrons. The normalized spacial score (nSPS) is 15.7. The lowest BCUT2D eigenvalue weighted by molar-refractivity contribution is -0.109. The number of phenols is 1. The zero-order valence-corrected chi connectivity index (χ0v) is 9.23. The summed E-state index contributed by atoms with van der Waals surface area (Å²) >= 11 is 0. The van der Waals surface area contributed by atoms with Gasteiger partial charge >= 0.3 is 0 Å². The molecule has 1 aromatic rings. The first-order valence-electron chi connectivity index (χ1n) is 5.45. The van der Waals surface area contributed by atoms with Crippen LogP contribution in [0.4, 0.5) is 0 Å². The number of ketones is 1. The van der Waals surface area contributed by atoms with Crippen molar-refractivity contribution in [2.45, 2.75) is 19.8 Å². The molecule has 0 heterocycles. The Labute approximate surface area is 94.9 Å². The van der Waals surface area contributed by atoms with E-state index in [1.54, 1.807) is 24.3 Å². The largest absolute Gasteiger partial charge is 0.507 e. The molecule has 0 bridgehead atoms. The monoisotopic (exact) mass is 214 g/mol. The molecule has 0 aromatic heterocycles. The maximum Gasteiger partial charge on any atom is 0.186 e. The third-order valence-electron chi connectivity index (χ3n) is 2.83. The van der Waals surface area contributed by atoms with E-state index in [9.17, 15) is 9.90 Å². The minimum Gasteiger partial charge on any atom is -0.507 e. The van der Waals surface area contributed by atoms with Gasteiger partial charge in [0.25, 0.3) is 0 Å². The van der Waals surface area contributed by atoms with E-state index in [1.807, 2.05) is 19.1 Å². The number of para-hydroxylation sites is 1. The molecule has 0 saturated heterocycles. The second-order valence-corrected chi connectivity index (χ2v) is 3.82. The Morgan fingerprint density at radius 1 is 1.31 bits per heavy atom. The quantitative estimate of drug-likeness (QED) is 0.821. The van der Waals surface area contributed by atoms with Crippen molar-refractivity contribution >= 4 is 11.4 Å². The van der Waals surface area contributed by atoms with Crippen LogP contribution in [0.25, 0.3) is 5.57 Å². The number of hydrogen-bond acceptors (Lipinski definition) is 2. The van der Waals surface area contributed by atoms with E-state index in [0.29, 0.717) is 11.1 Å². The number of carbonyl (C=O) groups excluding carboxylic acids is 1. The van der Waals surface area contributed by atoms with Gasteiger partial charge in [0.05, 0.1) is 0 Å². The Kier molecular flexibility index (Phi) is 2.91. The predicted molar refractivity (Wildman–Crippen MR) is 64.1 cm³/mol. The molecule has 1 aliphatic rings. The van der Waals surface area contributed by atoms with Crippen LogP contribution >= 0.6 is 0 Å². The van der Waals surface area contributed by atoms with Gasteiger partial charge in [0.1, 0.15) is 5.75 Å². The zero-order valence-electron chi connectivity index (χ0n) is 9.23. The van der Waals surface area contributed by atoms with Gasteiger partial charge in [0.15, 0.2) is 5.78 Å². The summed E-state index contributed by atoms with van der Waals surface area (Å²) < 4.78 is 0. The maximum atomic E-state index is 11.9. The summed E-state index contributed by atoms with van der Waals surface area (Å²) in [6.45, 7) is 2.03. The van der Waals surface area contributed by atoms with Crippen molar-refractivity contribution < 1.29 is 9.90 Å². The molecular formula is C14H14O2. The number of phenolic OH excluding ortho intramolecular Hbond substituents is 1. The summed E-state index contributed by atoms with van der Waals surface area (Å²) in [5.41, 5.74) is 2.41. The zero-order chi connectivity index (χ0) is 11.5. The van der Waals surface area contributed by atoms with Crippen LogP contribution in [-0.2, 0) is 4.79 Å². The second kappa shape index (κ2) is 4.35. The summed E-state index contributed by atoms with van der Waals surface area (Å²) in [6.07, 6.45) is 5.09. The van der Waals surface area contributed by atoms with E-state index < -0.39 is 0 Å². The molecule has 0 saturated carbocycles. The van der Waals surface area contributed by atoms with Crippen molar-refractivity contribution in [3.05, 3.63) is 47.6 Å². The Balaban J connectivity index is 2.57. The van der Waals surface area contributed by atoms with Crippen LogP contribution in [0.15, 0.2) is 42.0 Å². The minimum atomic E-state index is -0.00963. The Morgan fingerprint density at radius 3 is 2.75 bits per heavy atom. The van der Waals surface area contributed by atoms with Crippen LogP contribution in [0.2, 0.25) is 0 Å². The highest BCUT2D eigenvalue weighted by Gasteiger charge is 2.19. The fourth-order valence-electron chi connectivity index (χ4n) is 2.00. The van der Waals surface area contributed by atoms with Gasteiger partial charge in [0, 0.05) is 11.1 Å². The van der Waals surface area contributed by atoms with E-state index in [-0.39, 0.29) is 11.5 Å². The fraction of sp³-hybridized carbons (Fsp3) is 0.214. The molecule has 2 heteroatoms. The van der Waals surface area contributed by atoms with Crippen molar-refractivity contribution in [2.75, 3.05) is 0 Å². The predicted octanol–water partition coefficient (Wildman–Crippen LogP) is 3.08. The molecular weight excluding hydrogens is 200 g/mol. The molecule has 0 aliphatic heterocycles. The molecule has 0 unspecified atom stereocenters. The number of rotatable bonds is 2. The van der Waals surface area contributed by atoms with Crippen LogP contribution in [0.3, 0.4) is 0 Å². The molecule has 1 N–H and O–H groups in total. The van der Waals surface area contributed by atoms with Crippen LogP contribution in [0.5, 0.6) is 5.75 Å². The Hall–Kier alpha value is -1.83. The van der Waals surface area contributed by atoms with Gasteiger partial charge in [-0.3, -0.25) is 4.79 Å². The molecule has 0 fully saturated rings. The first kappa shape index (κ1) is 10.7. The van der Waals surface area contributed by atoms with Crippen molar-refractivity contribution in [3.8, 4) is 5.75 Å². The number of benzene rings is 1. The summed E-state index contributed by atoms with van der Waals surface area (Å²) in [5, 5.41) is 9.78. The van der Waals surface area contributed by atoms with Crippen LogP contribution in [-0.4, -0.2) is 10.9 Å². The van der Waals surface area contributed by atoms with Crippen molar-refractivity contribution in [2.24, 2.45) is 0 Å². The smallest absolute Gasteiger partial charge is 0.186 e. The third-order valence-corrected chi connectivity index (χ3v) is 2.83. The molecule has 16 heavy (non-hydrogen) atoms. The highest BCUT2D eigenvalue weighted by molar-refractivity contribution is 6.28. The van der Waals surface area contributed by atoms with E-state index in [4.69, 9.17) is 0 Å². The van der Waals surface area contributed by atoms with Crippen molar-refractivity contribution in [1.29, 1.82) is 0 Å². The average Bonchev–Trinajstić information content (AvgIpc) is 2.30. The first-order valence-corrected chi connectivity index (χ1v) is 5.45. The van der Waals surface area contributed by atoms with Crippen molar-refractivity contribution in [3.63, 3.8) is 0 Å². The summed E-state index contributed by atoms with van der Waals surface area (Å²) in [5.74, 6) is 0.164. The molecule has 82 valence electrons. The Morgan fingerprint density at radius 2 is 2.06 bits per heavy atom. The van der Waals surface area contributed by atoms with Gasteiger partial charge in [-0.05, 0) is 25.0 Å². The molecule has 0 atom stereocenters. The van der Waals surface area contributed by atoms with Gasteiger partial charge in [0.2, 0.25) is 0 Å². The SMILES string of the molecule is CCC1=C(c2ccccc2O)C(=O)C=CC1. The average molecular weight is 214 g/mol. The molecule has 2 rings (SSSR count). The van der Waals surface area contributed by atoms with Gasteiger partial charge in [-0.15, -0.1) is 0 Å². The lowest BCUT2D eigenvalue weighted by atomic mass is 9.89. The highest BCUT2D eigenvalue weighted by atomic mass is 16.3. The third kappa shape index (κ3) is 1.78. The second-order valence-electron chi connectivity index (χ2n) is 3.82. The van der Waals surface area contributed by atoms with E-state index in [1.165, 1.54) is 0 Å². The van der Waals surface area contributed by atoms with E-state index in [0.717, 1.165) is 18.4 Å². The number of hydrogen-bond donors (Lipinski definition) is 1. The lowest BCUT2D eigenvalue weighted by Crippen LogP contribution is -2.06. The summed E-state index contributed by atoms with van der Waals surface area (Å²) in [6, 6.07) is 6.99. The lowest BCUT2D eigenvalue weighted by Gasteiger charge is -2.15. The van der Waals surface area contributed by atoms with Gasteiger partial charge < -0.3 is 5.11 Å². The van der Waals surface area contributed by atoms with E-state index >= 15 is 0 Å². The fourth-order valence-corrected chi connectivity index (χ4v) is 2.00. The van der Waals surface area contributed by atoms with Crippen LogP contribution in [0, 0.1) is 0 Å². The first-order chi connectivity index (χ1) is 7.74. The van der Waals surface area contributed by atoms with Crippen LogP contribution < -0.4 is 0 Å². The highest BCUT2D eigenvalue weighted by Crippen LogP contribution is 2.32. The van der Waals surface area contributed by atoms with Gasteiger partial charge in [-0.1, -0.05) is 36.8 Å². The number of allylic oxidation sites excluding steroid dienone is 4. The number of aromatic hydroxyl groups is 1. The Bertz CT molecular complexity index is 481. The van der Waals surface area contributed by atoms with E-state index in [2.05, 4.69) is 0 Å². The topological polar surface area (TPSA) is 37.3 Å². The van der Waals surface area contributed by atoms with Gasteiger partial charge in [-0.2, -0.15) is 0 Å². The molecule has 1 aromatic carbocycles. The molecule has 0 spiro atoms. The van der Waals surface area contributed by atoms with Crippen LogP contribution in [0.1, 0.15) is 25.3 Å². The molecule has 0 amide bonds. The number of carbonyl (C=O) groups is 1.